The first-order valence-corrected chi connectivity index (χ1v) is 9.45. The lowest BCUT2D eigenvalue weighted by atomic mass is 10.2. The molecule has 0 saturated carbocycles. The highest BCUT2D eigenvalue weighted by molar-refractivity contribution is 7.98. The average Bonchev–Trinajstić information content (AvgIpc) is 3.07. The molecule has 130 valence electrons. The number of aromatic nitrogens is 4. The quantitative estimate of drug-likeness (QED) is 0.680. The van der Waals surface area contributed by atoms with Gasteiger partial charge in [-0.15, -0.1) is 11.8 Å². The van der Waals surface area contributed by atoms with Crippen LogP contribution in [0.15, 0.2) is 35.6 Å². The van der Waals surface area contributed by atoms with Crippen molar-refractivity contribution in [3.8, 4) is 0 Å². The van der Waals surface area contributed by atoms with Crippen LogP contribution >= 0.6 is 11.8 Å². The molecule has 25 heavy (non-hydrogen) atoms. The minimum Gasteiger partial charge on any atom is -0.379 e. The molecule has 3 aromatic rings. The lowest BCUT2D eigenvalue weighted by molar-refractivity contribution is 0.0342. The van der Waals surface area contributed by atoms with Crippen LogP contribution in [0.1, 0.15) is 5.56 Å². The summed E-state index contributed by atoms with van der Waals surface area (Å²) in [7, 11) is 0. The number of benzene rings is 1. The van der Waals surface area contributed by atoms with Crippen molar-refractivity contribution in [3.63, 3.8) is 0 Å². The first-order chi connectivity index (χ1) is 12.3. The third-order valence-electron chi connectivity index (χ3n) is 4.22. The van der Waals surface area contributed by atoms with Crippen molar-refractivity contribution >= 4 is 34.3 Å². The Morgan fingerprint density at radius 3 is 3.00 bits per heavy atom. The Kier molecular flexibility index (Phi) is 4.82. The number of morpholine rings is 1. The predicted molar refractivity (Wildman–Crippen MR) is 99.3 cm³/mol. The van der Waals surface area contributed by atoms with E-state index in [2.05, 4.69) is 54.6 Å². The maximum Gasteiger partial charge on any atom is 0.161 e. The second-order valence-corrected chi connectivity index (χ2v) is 6.69. The van der Waals surface area contributed by atoms with E-state index in [1.165, 1.54) is 5.56 Å². The molecule has 1 saturated heterocycles. The van der Waals surface area contributed by atoms with Gasteiger partial charge in [0.05, 0.1) is 18.6 Å². The molecule has 1 aliphatic heterocycles. The summed E-state index contributed by atoms with van der Waals surface area (Å²) in [5, 5.41) is 12.5. The number of thioether (sulfide) groups is 1. The van der Waals surface area contributed by atoms with Crippen molar-refractivity contribution in [2.45, 2.75) is 11.6 Å². The highest BCUT2D eigenvalue weighted by atomic mass is 32.2. The van der Waals surface area contributed by atoms with Crippen LogP contribution in [0.25, 0.3) is 11.0 Å². The van der Waals surface area contributed by atoms with E-state index in [-0.39, 0.29) is 0 Å². The molecule has 4 rings (SSSR count). The minimum atomic E-state index is 0.742. The lowest BCUT2D eigenvalue weighted by Crippen LogP contribution is -2.35. The van der Waals surface area contributed by atoms with Crippen molar-refractivity contribution in [1.29, 1.82) is 0 Å². The second kappa shape index (κ2) is 7.38. The van der Waals surface area contributed by atoms with Gasteiger partial charge in [0, 0.05) is 25.3 Å². The number of ether oxygens (including phenoxy) is 1. The molecule has 7 nitrogen and oxygen atoms in total. The Morgan fingerprint density at radius 2 is 2.16 bits per heavy atom. The van der Waals surface area contributed by atoms with Crippen LogP contribution in [-0.2, 0) is 11.3 Å². The molecule has 0 unspecified atom stereocenters. The van der Waals surface area contributed by atoms with E-state index in [4.69, 9.17) is 4.74 Å². The van der Waals surface area contributed by atoms with Crippen LogP contribution in [0.3, 0.4) is 0 Å². The summed E-state index contributed by atoms with van der Waals surface area (Å²) in [5.74, 6) is 0.770. The van der Waals surface area contributed by atoms with E-state index in [1.54, 1.807) is 18.1 Å². The molecule has 3 heterocycles. The first-order valence-electron chi connectivity index (χ1n) is 8.22. The number of fused-ring (bicyclic) bond motifs is 1. The molecule has 2 N–H and O–H groups in total. The number of nitrogens with one attached hydrogen (secondary N) is 2. The van der Waals surface area contributed by atoms with Gasteiger partial charge in [-0.05, 0) is 24.0 Å². The monoisotopic (exact) mass is 356 g/mol. The minimum absolute atomic E-state index is 0.742. The fourth-order valence-electron chi connectivity index (χ4n) is 2.98. The van der Waals surface area contributed by atoms with Crippen molar-refractivity contribution in [3.05, 3.63) is 36.2 Å². The summed E-state index contributed by atoms with van der Waals surface area (Å²) in [4.78, 5) is 11.1. The Hall–Kier alpha value is -2.16. The van der Waals surface area contributed by atoms with Crippen molar-refractivity contribution in [2.75, 3.05) is 37.9 Å². The molecule has 1 fully saturated rings. The number of H-pyrrole nitrogens is 1. The van der Waals surface area contributed by atoms with Crippen LogP contribution < -0.4 is 5.32 Å². The van der Waals surface area contributed by atoms with Crippen molar-refractivity contribution in [2.24, 2.45) is 0 Å². The summed E-state index contributed by atoms with van der Waals surface area (Å²) in [6, 6.07) is 8.45. The number of hydrogen-bond donors (Lipinski definition) is 2. The molecule has 0 bridgehead atoms. The summed E-state index contributed by atoms with van der Waals surface area (Å²) < 4.78 is 5.42. The molecular weight excluding hydrogens is 336 g/mol. The SMILES string of the molecule is CSc1n[nH]c2ncnc(Nc3cccc(CN4CCOCC4)c3)c12. The zero-order valence-corrected chi connectivity index (χ0v) is 14.8. The molecule has 0 spiro atoms. The van der Waals surface area contributed by atoms with Gasteiger partial charge in [0.25, 0.3) is 0 Å². The largest absolute Gasteiger partial charge is 0.379 e. The van der Waals surface area contributed by atoms with Crippen LogP contribution in [0, 0.1) is 0 Å². The van der Waals surface area contributed by atoms with E-state index >= 15 is 0 Å². The topological polar surface area (TPSA) is 79.0 Å². The zero-order chi connectivity index (χ0) is 17.1. The third-order valence-corrected chi connectivity index (χ3v) is 4.90. The fraction of sp³-hybridized carbons (Fsp3) is 0.353. The Morgan fingerprint density at radius 1 is 1.28 bits per heavy atom. The predicted octanol–water partition coefficient (Wildman–Crippen LogP) is 2.65. The molecule has 0 aliphatic carbocycles. The number of hydrogen-bond acceptors (Lipinski definition) is 7. The van der Waals surface area contributed by atoms with Gasteiger partial charge < -0.3 is 10.1 Å². The zero-order valence-electron chi connectivity index (χ0n) is 14.0. The molecule has 0 amide bonds. The molecule has 0 atom stereocenters. The van der Waals surface area contributed by atoms with Gasteiger partial charge in [0.15, 0.2) is 5.65 Å². The number of rotatable bonds is 5. The van der Waals surface area contributed by atoms with Gasteiger partial charge in [-0.3, -0.25) is 10.00 Å². The standard InChI is InChI=1S/C17H20N6OS/c1-25-17-14-15(18-11-19-16(14)21-22-17)20-13-4-2-3-12(9-13)10-23-5-7-24-8-6-23/h2-4,9,11H,5-8,10H2,1H3,(H2,18,19,20,21,22). The fourth-order valence-corrected chi connectivity index (χ4v) is 3.51. The molecular formula is C17H20N6OS. The molecule has 0 radical (unpaired) electrons. The van der Waals surface area contributed by atoms with E-state index < -0.39 is 0 Å². The van der Waals surface area contributed by atoms with Crippen LogP contribution in [-0.4, -0.2) is 57.6 Å². The highest BCUT2D eigenvalue weighted by Crippen LogP contribution is 2.29. The number of nitrogens with zero attached hydrogens (tertiary/aromatic N) is 4. The third kappa shape index (κ3) is 3.60. The van der Waals surface area contributed by atoms with Crippen LogP contribution in [0.5, 0.6) is 0 Å². The van der Waals surface area contributed by atoms with Gasteiger partial charge in [-0.2, -0.15) is 5.10 Å². The van der Waals surface area contributed by atoms with Crippen LogP contribution in [0.2, 0.25) is 0 Å². The Balaban J connectivity index is 1.57. The summed E-state index contributed by atoms with van der Waals surface area (Å²) in [6.45, 7) is 4.52. The first kappa shape index (κ1) is 16.3. The summed E-state index contributed by atoms with van der Waals surface area (Å²) >= 11 is 1.58. The maximum absolute atomic E-state index is 5.42. The van der Waals surface area contributed by atoms with E-state index in [0.717, 1.165) is 60.4 Å². The van der Waals surface area contributed by atoms with E-state index in [1.807, 2.05) is 6.26 Å². The average molecular weight is 356 g/mol. The van der Waals surface area contributed by atoms with Gasteiger partial charge >= 0.3 is 0 Å². The van der Waals surface area contributed by atoms with Gasteiger partial charge in [0.2, 0.25) is 0 Å². The number of aromatic amines is 1. The molecule has 1 aliphatic rings. The maximum atomic E-state index is 5.42. The molecule has 2 aromatic heterocycles. The van der Waals surface area contributed by atoms with Crippen molar-refractivity contribution < 1.29 is 4.74 Å². The normalized spacial score (nSPS) is 15.6. The van der Waals surface area contributed by atoms with Crippen LogP contribution in [0.4, 0.5) is 11.5 Å². The summed E-state index contributed by atoms with van der Waals surface area (Å²) in [6.07, 6.45) is 3.54. The molecule has 1 aromatic carbocycles. The Bertz CT molecular complexity index is 861. The second-order valence-electron chi connectivity index (χ2n) is 5.89. The van der Waals surface area contributed by atoms with Gasteiger partial charge in [-0.1, -0.05) is 12.1 Å². The van der Waals surface area contributed by atoms with Gasteiger partial charge in [0.1, 0.15) is 17.2 Å². The van der Waals surface area contributed by atoms with E-state index in [0.29, 0.717) is 0 Å². The highest BCUT2D eigenvalue weighted by Gasteiger charge is 2.13. The summed E-state index contributed by atoms with van der Waals surface area (Å²) in [5.41, 5.74) is 3.03. The van der Waals surface area contributed by atoms with Crippen molar-refractivity contribution in [1.82, 2.24) is 25.1 Å². The smallest absolute Gasteiger partial charge is 0.161 e. The Labute approximate surface area is 150 Å². The van der Waals surface area contributed by atoms with E-state index in [9.17, 15) is 0 Å². The lowest BCUT2D eigenvalue weighted by Gasteiger charge is -2.26. The number of anilines is 2. The van der Waals surface area contributed by atoms with Gasteiger partial charge in [-0.25, -0.2) is 9.97 Å². The molecule has 8 heteroatoms.